The van der Waals surface area contributed by atoms with Crippen LogP contribution in [0.15, 0.2) is 84.5 Å². The van der Waals surface area contributed by atoms with Crippen molar-refractivity contribution >= 4 is 75.7 Å². The van der Waals surface area contributed by atoms with Gasteiger partial charge in [-0.25, -0.2) is 24.2 Å². The molecule has 4 aliphatic heterocycles. The number of carbonyl (C=O) groups excluding carboxylic acids is 6. The summed E-state index contributed by atoms with van der Waals surface area (Å²) >= 11 is 6.85. The highest BCUT2D eigenvalue weighted by atomic mass is 35.5. The highest BCUT2D eigenvalue weighted by Gasteiger charge is 2.64. The third kappa shape index (κ3) is 18.7. The zero-order valence-corrected chi connectivity index (χ0v) is 57.1. The largest absolute Gasteiger partial charge is 0.495 e. The average Bonchev–Trinajstić information content (AvgIpc) is 1.57. The highest BCUT2D eigenvalue weighted by molar-refractivity contribution is 6.35. The number of para-hydroxylation sites is 1. The zero-order chi connectivity index (χ0) is 71.3. The normalized spacial score (nSPS) is 26.9. The predicted molar refractivity (Wildman–Crippen MR) is 352 cm³/mol. The molecular weight excluding hydrogens is 1300 g/mol. The number of aliphatic carboxylic acids is 1. The van der Waals surface area contributed by atoms with Crippen molar-refractivity contribution in [3.63, 3.8) is 0 Å². The number of methoxy groups -OCH3 is 2. The molecule has 3 fully saturated rings. The van der Waals surface area contributed by atoms with Gasteiger partial charge in [0.25, 0.3) is 0 Å². The first-order valence-corrected chi connectivity index (χ1v) is 32.4. The number of aryl methyl sites for hydroxylation is 1. The number of anilines is 2. The Kier molecular flexibility index (Phi) is 26.1. The van der Waals surface area contributed by atoms with Crippen molar-refractivity contribution in [3.8, 4) is 11.5 Å². The number of epoxide rings is 1. The number of ether oxygens (including phenoxy) is 10. The molecule has 3 saturated heterocycles. The van der Waals surface area contributed by atoms with Crippen molar-refractivity contribution in [2.24, 2.45) is 5.92 Å². The minimum absolute atomic E-state index is 0.0898. The summed E-state index contributed by atoms with van der Waals surface area (Å²) in [6.45, 7) is 7.80. The van der Waals surface area contributed by atoms with E-state index >= 15 is 0 Å². The number of hydrogen-bond donors (Lipinski definition) is 9. The lowest BCUT2D eigenvalue weighted by Crippen LogP contribution is -2.63. The summed E-state index contributed by atoms with van der Waals surface area (Å²) in [5.41, 5.74) is 3.82. The Morgan fingerprint density at radius 1 is 0.929 bits per heavy atom. The van der Waals surface area contributed by atoms with Crippen molar-refractivity contribution in [2.45, 2.75) is 152 Å². The number of hydrogen-bond acceptors (Lipinski definition) is 23. The van der Waals surface area contributed by atoms with Crippen LogP contribution in [0.3, 0.4) is 0 Å². The molecular formula is C67H89ClN8O22. The lowest BCUT2D eigenvalue weighted by atomic mass is 9.83. The van der Waals surface area contributed by atoms with Crippen molar-refractivity contribution in [2.75, 3.05) is 85.6 Å². The van der Waals surface area contributed by atoms with Gasteiger partial charge < -0.3 is 93.0 Å². The van der Waals surface area contributed by atoms with Crippen LogP contribution in [0, 0.1) is 5.92 Å². The van der Waals surface area contributed by atoms with Gasteiger partial charge in [-0.1, -0.05) is 66.6 Å². The smallest absolute Gasteiger partial charge is 0.410 e. The van der Waals surface area contributed by atoms with Gasteiger partial charge in [0.05, 0.1) is 70.4 Å². The Bertz CT molecular complexity index is 3570. The SMILES string of the molecule is CNN(C)Cc1cc2ccccc2n1CCC(=O)NCCOCCOCCC(=O)Nc1cc(COC(=O)N(C)[C@@H](C)C(=O)O[C@H]2CC(=O)N(C)c3cc(cc(OC)c3Cl)C/C(C)=C/C=C/[C@@H](OC)[C@@]3(O)C[C@H](OC(=O)N3)[C@@H](C)[C@@H]3OC23C)ccc1OC1O[C@H](C(=O)O)[C@@H](O)[C@H](O)[C@H]1O. The van der Waals surface area contributed by atoms with Crippen LogP contribution in [0.4, 0.5) is 21.0 Å². The molecule has 4 aliphatic rings. The number of allylic oxidation sites excluding steroid dienone is 3. The van der Waals surface area contributed by atoms with Crippen LogP contribution in [0.25, 0.3) is 10.9 Å². The number of alkyl carbamates (subject to hydrolysis) is 1. The van der Waals surface area contributed by atoms with Crippen molar-refractivity contribution < 1.29 is 106 Å². The number of nitrogens with one attached hydrogen (secondary N) is 4. The molecule has 1 aromatic heterocycles. The van der Waals surface area contributed by atoms with Gasteiger partial charge in [0, 0.05) is 71.3 Å². The maximum absolute atomic E-state index is 14.5. The van der Waals surface area contributed by atoms with E-state index in [0.29, 0.717) is 19.5 Å². The monoisotopic (exact) mass is 1390 g/mol. The second-order valence-corrected chi connectivity index (χ2v) is 25.2. The van der Waals surface area contributed by atoms with Crippen LogP contribution >= 0.6 is 11.6 Å². The molecule has 30 nitrogen and oxygen atoms in total. The highest BCUT2D eigenvalue weighted by Crippen LogP contribution is 2.49. The number of rotatable bonds is 26. The Labute approximate surface area is 571 Å². The van der Waals surface area contributed by atoms with Gasteiger partial charge in [0.1, 0.15) is 71.4 Å². The molecule has 9 N–H and O–H groups in total. The molecule has 5 heterocycles. The number of benzene rings is 3. The average molecular weight is 1390 g/mol. The Hall–Kier alpha value is -7.98. The van der Waals surface area contributed by atoms with Crippen LogP contribution in [-0.4, -0.2) is 230 Å². The molecule has 536 valence electrons. The van der Waals surface area contributed by atoms with Crippen LogP contribution in [-0.2, 0) is 88.0 Å². The first-order valence-electron chi connectivity index (χ1n) is 32.0. The van der Waals surface area contributed by atoms with Gasteiger partial charge in [-0.2, -0.15) is 0 Å². The standard InChI is InChI=1S/C67H89ClN8O22/c1-37-14-13-17-50(90-10)67(88)34-49(95-64(86)72-67)38(2)60-66(4,98-60)51(33-54(79)75(8)46-30-41(28-37)31-48(89-9)55(46)68)96-62(85)39(3)74(7)65(87)93-36-40-18-19-47(94-63-58(82)56(80)57(81)59(97-63)61(83)84)44(29-40)71-53(78)21-24-91-26-27-92-25-22-70-52(77)20-23-76-43(35-73(6)69-5)32-42-15-11-12-16-45(42)76/h11-19,29-32,38-39,49-51,56-60,63,69,80-82,88H,20-28,33-36H2,1-10H3,(H,70,77)(H,71,78)(H,72,86)(H,83,84)/b17-13+,37-14+/t38-,39+,49+,50-,51+,56+,57+,58-,59+,60+,63?,66?,67+/m1/s1. The van der Waals surface area contributed by atoms with E-state index in [-0.39, 0.29) is 91.6 Å². The summed E-state index contributed by atoms with van der Waals surface area (Å²) < 4.78 is 59.7. The molecule has 98 heavy (non-hydrogen) atoms. The summed E-state index contributed by atoms with van der Waals surface area (Å²) in [4.78, 5) is 96.4. The molecule has 0 saturated carbocycles. The lowest BCUT2D eigenvalue weighted by Gasteiger charge is -2.42. The molecule has 0 aliphatic carbocycles. The third-order valence-corrected chi connectivity index (χ3v) is 18.2. The van der Waals surface area contributed by atoms with Crippen molar-refractivity contribution in [1.29, 1.82) is 0 Å². The third-order valence-electron chi connectivity index (χ3n) is 17.8. The number of likely N-dealkylation sites (N-methyl/N-ethyl adjacent to an activating group) is 1. The number of fused-ring (bicyclic) bond motifs is 6. The molecule has 4 aromatic rings. The zero-order valence-electron chi connectivity index (χ0n) is 56.4. The number of carboxylic acids is 1. The molecule has 3 aromatic carbocycles. The van der Waals surface area contributed by atoms with Gasteiger partial charge in [-0.3, -0.25) is 30.0 Å². The minimum atomic E-state index is -2.03. The van der Waals surface area contributed by atoms with Crippen LogP contribution < -0.4 is 35.7 Å². The minimum Gasteiger partial charge on any atom is -0.495 e. The number of carboxylic acid groups (broad SMARTS) is 1. The van der Waals surface area contributed by atoms with E-state index in [1.165, 1.54) is 58.3 Å². The second kappa shape index (κ2) is 33.7. The van der Waals surface area contributed by atoms with E-state index in [2.05, 4.69) is 32.0 Å². The van der Waals surface area contributed by atoms with E-state index in [1.807, 2.05) is 56.4 Å². The Balaban J connectivity index is 0.894. The van der Waals surface area contributed by atoms with Gasteiger partial charge in [0.15, 0.2) is 11.8 Å². The molecule has 31 heteroatoms. The number of halogens is 1. The van der Waals surface area contributed by atoms with Crippen LogP contribution in [0.1, 0.15) is 70.2 Å². The van der Waals surface area contributed by atoms with Crippen LogP contribution in [0.5, 0.6) is 11.5 Å². The van der Waals surface area contributed by atoms with Gasteiger partial charge >= 0.3 is 24.1 Å². The number of carbonyl (C=O) groups is 7. The van der Waals surface area contributed by atoms with Crippen molar-refractivity contribution in [3.05, 3.63) is 106 Å². The quantitative estimate of drug-likeness (QED) is 0.0142. The predicted octanol–water partition coefficient (Wildman–Crippen LogP) is 3.68. The summed E-state index contributed by atoms with van der Waals surface area (Å²) in [6.07, 6.45) is -11.2. The fourth-order valence-corrected chi connectivity index (χ4v) is 12.1. The van der Waals surface area contributed by atoms with E-state index < -0.39 is 127 Å². The van der Waals surface area contributed by atoms with Gasteiger partial charge in [0.2, 0.25) is 24.0 Å². The number of aliphatic hydroxyl groups is 4. The molecule has 5 amide bonds. The van der Waals surface area contributed by atoms with Crippen molar-refractivity contribution in [1.82, 2.24) is 30.5 Å². The molecule has 0 spiro atoms. The van der Waals surface area contributed by atoms with E-state index in [1.54, 1.807) is 38.1 Å². The summed E-state index contributed by atoms with van der Waals surface area (Å²) in [5, 5.41) is 64.4. The molecule has 13 atom stereocenters. The van der Waals surface area contributed by atoms with Crippen LogP contribution in [0.2, 0.25) is 5.02 Å². The fraction of sp³-hybridized carbons (Fsp3) is 0.537. The Morgan fingerprint density at radius 2 is 1.66 bits per heavy atom. The summed E-state index contributed by atoms with van der Waals surface area (Å²) in [6, 6.07) is 16.2. The second-order valence-electron chi connectivity index (χ2n) is 24.8. The maximum atomic E-state index is 14.5. The van der Waals surface area contributed by atoms with Gasteiger partial charge in [-0.05, 0) is 87.2 Å². The number of hydrazine groups is 1. The van der Waals surface area contributed by atoms with Gasteiger partial charge in [-0.15, -0.1) is 0 Å². The number of nitrogens with zero attached hydrogens (tertiary/aromatic N) is 4. The first kappa shape index (κ1) is 75.8. The maximum Gasteiger partial charge on any atom is 0.410 e. The number of aliphatic hydroxyl groups excluding tert-OH is 3. The first-order chi connectivity index (χ1) is 46.6. The molecule has 8 rings (SSSR count). The molecule has 0 radical (unpaired) electrons. The number of amides is 5. The fourth-order valence-electron chi connectivity index (χ4n) is 11.8. The summed E-state index contributed by atoms with van der Waals surface area (Å²) in [7, 11) is 9.37. The topological polar surface area (TPSA) is 379 Å². The molecule has 2 unspecified atom stereocenters. The molecule has 4 bridgehead atoms. The van der Waals surface area contributed by atoms with E-state index in [4.69, 9.17) is 59.0 Å². The Morgan fingerprint density at radius 3 is 2.38 bits per heavy atom. The summed E-state index contributed by atoms with van der Waals surface area (Å²) in [5.74, 6) is -4.58. The van der Waals surface area contributed by atoms with E-state index in [0.717, 1.165) is 32.6 Å². The van der Waals surface area contributed by atoms with E-state index in [9.17, 15) is 59.1 Å². The number of esters is 1. The lowest BCUT2D eigenvalue weighted by molar-refractivity contribution is -0.271. The number of aromatic nitrogens is 1.